The van der Waals surface area contributed by atoms with E-state index in [-0.39, 0.29) is 23.4 Å². The molecule has 136 valence electrons. The average Bonchev–Trinajstić information content (AvgIpc) is 3.33. The van der Waals surface area contributed by atoms with Crippen LogP contribution >= 0.6 is 0 Å². The number of nitro groups is 1. The molecule has 1 atom stereocenters. The van der Waals surface area contributed by atoms with Gasteiger partial charge in [-0.25, -0.2) is 4.68 Å². The molecule has 1 aliphatic heterocycles. The summed E-state index contributed by atoms with van der Waals surface area (Å²) in [4.78, 5) is 22.8. The Morgan fingerprint density at radius 2 is 2.11 bits per heavy atom. The number of non-ortho nitro benzene ring substituents is 1. The van der Waals surface area contributed by atoms with Crippen LogP contribution in [0, 0.1) is 10.1 Å². The minimum atomic E-state index is -0.472. The molecular weight excluding hydrogens is 348 g/mol. The van der Waals surface area contributed by atoms with Crippen molar-refractivity contribution in [3.8, 4) is 11.4 Å². The zero-order valence-corrected chi connectivity index (χ0v) is 14.2. The van der Waals surface area contributed by atoms with E-state index in [1.54, 1.807) is 24.4 Å². The van der Waals surface area contributed by atoms with Gasteiger partial charge in [-0.05, 0) is 23.8 Å². The van der Waals surface area contributed by atoms with Crippen LogP contribution in [0.5, 0.6) is 5.75 Å². The molecule has 0 saturated heterocycles. The smallest absolute Gasteiger partial charge is 0.271 e. The van der Waals surface area contributed by atoms with Gasteiger partial charge in [0.2, 0.25) is 0 Å². The third kappa shape index (κ3) is 3.50. The number of fused-ring (bicyclic) bond motifs is 1. The number of nitrogens with one attached hydrogen (secondary N) is 1. The van der Waals surface area contributed by atoms with E-state index in [0.29, 0.717) is 12.2 Å². The second-order valence-electron chi connectivity index (χ2n) is 6.18. The highest BCUT2D eigenvalue weighted by Gasteiger charge is 2.23. The van der Waals surface area contributed by atoms with E-state index >= 15 is 0 Å². The van der Waals surface area contributed by atoms with Crippen LogP contribution in [0.25, 0.3) is 5.69 Å². The van der Waals surface area contributed by atoms with Crippen LogP contribution in [0.15, 0.2) is 60.8 Å². The zero-order chi connectivity index (χ0) is 18.8. The van der Waals surface area contributed by atoms with Gasteiger partial charge in [0.05, 0.1) is 17.2 Å². The Balaban J connectivity index is 1.39. The molecule has 1 aliphatic rings. The lowest BCUT2D eigenvalue weighted by molar-refractivity contribution is -0.384. The molecule has 0 fully saturated rings. The molecule has 8 heteroatoms. The molecule has 4 rings (SSSR count). The Morgan fingerprint density at radius 1 is 1.26 bits per heavy atom. The third-order valence-corrected chi connectivity index (χ3v) is 4.33. The van der Waals surface area contributed by atoms with Gasteiger partial charge in [0.1, 0.15) is 11.9 Å². The van der Waals surface area contributed by atoms with Crippen molar-refractivity contribution in [1.82, 2.24) is 15.1 Å². The summed E-state index contributed by atoms with van der Waals surface area (Å²) < 4.78 is 7.23. The quantitative estimate of drug-likeness (QED) is 0.554. The fourth-order valence-electron chi connectivity index (χ4n) is 3.00. The number of hydrogen-bond acceptors (Lipinski definition) is 5. The minimum Gasteiger partial charge on any atom is -0.488 e. The van der Waals surface area contributed by atoms with Gasteiger partial charge >= 0.3 is 0 Å². The Bertz CT molecular complexity index is 989. The highest BCUT2D eigenvalue weighted by molar-refractivity contribution is 5.92. The predicted octanol–water partition coefficient (Wildman–Crippen LogP) is 2.51. The fourth-order valence-corrected chi connectivity index (χ4v) is 3.00. The van der Waals surface area contributed by atoms with Crippen LogP contribution in [0.4, 0.5) is 5.69 Å². The molecule has 0 bridgehead atoms. The van der Waals surface area contributed by atoms with Crippen molar-refractivity contribution in [2.24, 2.45) is 0 Å². The maximum Gasteiger partial charge on any atom is 0.271 e. The molecule has 1 amide bonds. The summed E-state index contributed by atoms with van der Waals surface area (Å²) in [5.74, 6) is 0.533. The first-order chi connectivity index (χ1) is 13.1. The van der Waals surface area contributed by atoms with E-state index in [0.717, 1.165) is 17.7 Å². The molecule has 0 aliphatic carbocycles. The van der Waals surface area contributed by atoms with Crippen LogP contribution < -0.4 is 10.1 Å². The number of carbonyl (C=O) groups is 1. The van der Waals surface area contributed by atoms with E-state index in [4.69, 9.17) is 4.74 Å². The summed E-state index contributed by atoms with van der Waals surface area (Å²) in [6, 6.07) is 15.4. The molecule has 27 heavy (non-hydrogen) atoms. The molecule has 0 spiro atoms. The third-order valence-electron chi connectivity index (χ3n) is 4.33. The Labute approximate surface area is 154 Å². The van der Waals surface area contributed by atoms with Crippen LogP contribution in [0.3, 0.4) is 0 Å². The van der Waals surface area contributed by atoms with Crippen molar-refractivity contribution in [3.05, 3.63) is 82.2 Å². The van der Waals surface area contributed by atoms with Gasteiger partial charge in [-0.3, -0.25) is 14.9 Å². The molecule has 3 aromatic rings. The van der Waals surface area contributed by atoms with Crippen molar-refractivity contribution in [3.63, 3.8) is 0 Å². The number of ether oxygens (including phenoxy) is 1. The predicted molar refractivity (Wildman–Crippen MR) is 97.1 cm³/mol. The largest absolute Gasteiger partial charge is 0.488 e. The topological polar surface area (TPSA) is 99.3 Å². The van der Waals surface area contributed by atoms with Crippen molar-refractivity contribution in [2.75, 3.05) is 6.54 Å². The standard InChI is InChI=1S/C19H16N4O4/c24-19(20-12-16-10-13-4-1-2-7-18(13)27-16)17-8-9-22(21-17)14-5-3-6-15(11-14)23(25)26/h1-9,11,16H,10,12H2,(H,20,24). The van der Waals surface area contributed by atoms with Gasteiger partial charge < -0.3 is 10.1 Å². The van der Waals surface area contributed by atoms with Crippen LogP contribution in [-0.4, -0.2) is 33.3 Å². The molecule has 1 N–H and O–H groups in total. The maximum atomic E-state index is 12.3. The lowest BCUT2D eigenvalue weighted by atomic mass is 10.1. The van der Waals surface area contributed by atoms with Crippen LogP contribution in [0.1, 0.15) is 16.1 Å². The van der Waals surface area contributed by atoms with Gasteiger partial charge in [0.15, 0.2) is 5.69 Å². The monoisotopic (exact) mass is 364 g/mol. The number of amides is 1. The van der Waals surface area contributed by atoms with E-state index in [9.17, 15) is 14.9 Å². The molecule has 2 aromatic carbocycles. The summed E-state index contributed by atoms with van der Waals surface area (Å²) in [6.45, 7) is 0.372. The summed E-state index contributed by atoms with van der Waals surface area (Å²) in [5.41, 5.74) is 1.84. The number of rotatable bonds is 5. The average molecular weight is 364 g/mol. The number of benzene rings is 2. The summed E-state index contributed by atoms with van der Waals surface area (Å²) >= 11 is 0. The Morgan fingerprint density at radius 3 is 2.93 bits per heavy atom. The highest BCUT2D eigenvalue weighted by atomic mass is 16.6. The second-order valence-corrected chi connectivity index (χ2v) is 6.18. The number of nitrogens with zero attached hydrogens (tertiary/aromatic N) is 3. The lowest BCUT2D eigenvalue weighted by Crippen LogP contribution is -2.34. The highest BCUT2D eigenvalue weighted by Crippen LogP contribution is 2.27. The van der Waals surface area contributed by atoms with Gasteiger partial charge in [-0.15, -0.1) is 0 Å². The first-order valence-electron chi connectivity index (χ1n) is 8.43. The molecule has 8 nitrogen and oxygen atoms in total. The molecular formula is C19H16N4O4. The van der Waals surface area contributed by atoms with Gasteiger partial charge in [-0.2, -0.15) is 5.10 Å². The molecule has 0 saturated carbocycles. The van der Waals surface area contributed by atoms with E-state index in [1.165, 1.54) is 16.8 Å². The molecule has 1 unspecified atom stereocenters. The number of aromatic nitrogens is 2. The van der Waals surface area contributed by atoms with E-state index in [1.807, 2.05) is 24.3 Å². The van der Waals surface area contributed by atoms with Crippen molar-refractivity contribution in [2.45, 2.75) is 12.5 Å². The Kier molecular flexibility index (Phi) is 4.29. The summed E-state index contributed by atoms with van der Waals surface area (Å²) in [6.07, 6.45) is 2.24. The SMILES string of the molecule is O=C(NCC1Cc2ccccc2O1)c1ccn(-c2cccc([N+](=O)[O-])c2)n1. The molecule has 1 aromatic heterocycles. The molecule has 2 heterocycles. The minimum absolute atomic E-state index is 0.0352. The van der Waals surface area contributed by atoms with Gasteiger partial charge in [0.25, 0.3) is 11.6 Å². The van der Waals surface area contributed by atoms with E-state index in [2.05, 4.69) is 10.4 Å². The van der Waals surface area contributed by atoms with Gasteiger partial charge in [-0.1, -0.05) is 24.3 Å². The summed E-state index contributed by atoms with van der Waals surface area (Å²) in [5, 5.41) is 17.9. The number of nitro benzene ring substituents is 1. The second kappa shape index (κ2) is 6.91. The summed E-state index contributed by atoms with van der Waals surface area (Å²) in [7, 11) is 0. The fraction of sp³-hybridized carbons (Fsp3) is 0.158. The van der Waals surface area contributed by atoms with Crippen molar-refractivity contribution < 1.29 is 14.5 Å². The van der Waals surface area contributed by atoms with Crippen LogP contribution in [0.2, 0.25) is 0 Å². The molecule has 0 radical (unpaired) electrons. The zero-order valence-electron chi connectivity index (χ0n) is 14.2. The first kappa shape index (κ1) is 16.8. The first-order valence-corrected chi connectivity index (χ1v) is 8.43. The maximum absolute atomic E-state index is 12.3. The van der Waals surface area contributed by atoms with E-state index < -0.39 is 4.92 Å². The number of para-hydroxylation sites is 1. The van der Waals surface area contributed by atoms with Crippen molar-refractivity contribution >= 4 is 11.6 Å². The van der Waals surface area contributed by atoms with Gasteiger partial charge in [0, 0.05) is 24.8 Å². The normalized spacial score (nSPS) is 15.0. The van der Waals surface area contributed by atoms with Crippen LogP contribution in [-0.2, 0) is 6.42 Å². The van der Waals surface area contributed by atoms with Crippen molar-refractivity contribution in [1.29, 1.82) is 0 Å². The Hall–Kier alpha value is -3.68. The lowest BCUT2D eigenvalue weighted by Gasteiger charge is -2.11. The number of hydrogen-bond donors (Lipinski definition) is 1. The number of carbonyl (C=O) groups excluding carboxylic acids is 1.